The average molecular weight is 276 g/mol. The number of nitrogens with one attached hydrogen (secondary N) is 2. The molecule has 1 saturated carbocycles. The van der Waals surface area contributed by atoms with E-state index in [0.717, 1.165) is 29.8 Å². The van der Waals surface area contributed by atoms with E-state index in [4.69, 9.17) is 9.57 Å². The van der Waals surface area contributed by atoms with Crippen molar-refractivity contribution in [1.29, 1.82) is 0 Å². The maximum absolute atomic E-state index is 11.3. The molecule has 1 atom stereocenters. The van der Waals surface area contributed by atoms with Gasteiger partial charge in [0.25, 0.3) is 5.91 Å². The predicted octanol–water partition coefficient (Wildman–Crippen LogP) is 2.54. The summed E-state index contributed by atoms with van der Waals surface area (Å²) in [6.07, 6.45) is 5.10. The molecule has 1 heterocycles. The predicted molar refractivity (Wildman–Crippen MR) is 75.5 cm³/mol. The van der Waals surface area contributed by atoms with Crippen molar-refractivity contribution in [3.63, 3.8) is 0 Å². The van der Waals surface area contributed by atoms with Gasteiger partial charge in [0.1, 0.15) is 5.75 Å². The second kappa shape index (κ2) is 5.81. The zero-order valence-corrected chi connectivity index (χ0v) is 11.6. The van der Waals surface area contributed by atoms with Gasteiger partial charge >= 0.3 is 0 Å². The molecule has 0 aromatic heterocycles. The van der Waals surface area contributed by atoms with Gasteiger partial charge in [-0.2, -0.15) is 5.48 Å². The first-order valence-corrected chi connectivity index (χ1v) is 7.20. The lowest BCUT2D eigenvalue weighted by molar-refractivity contribution is -0.118. The van der Waals surface area contributed by atoms with Crippen molar-refractivity contribution < 1.29 is 14.4 Å². The summed E-state index contributed by atoms with van der Waals surface area (Å²) in [5.41, 5.74) is 4.90. The molecule has 2 aliphatic rings. The minimum Gasteiger partial charge on any atom is -0.482 e. The SMILES string of the molecule is CC(NOC1CCCC1)c1ccc2c(c1)NC(=O)CO2. The number of benzene rings is 1. The lowest BCUT2D eigenvalue weighted by Crippen LogP contribution is -2.27. The van der Waals surface area contributed by atoms with Crippen LogP contribution in [-0.4, -0.2) is 18.6 Å². The van der Waals surface area contributed by atoms with E-state index in [9.17, 15) is 4.79 Å². The van der Waals surface area contributed by atoms with Gasteiger partial charge in [0, 0.05) is 0 Å². The molecule has 0 radical (unpaired) electrons. The molecule has 1 unspecified atom stereocenters. The van der Waals surface area contributed by atoms with Crippen LogP contribution >= 0.6 is 0 Å². The van der Waals surface area contributed by atoms with Crippen LogP contribution in [0.25, 0.3) is 0 Å². The normalized spacial score (nSPS) is 20.1. The molecule has 1 amide bonds. The van der Waals surface area contributed by atoms with E-state index in [1.54, 1.807) is 0 Å². The van der Waals surface area contributed by atoms with Crippen LogP contribution in [0.4, 0.5) is 5.69 Å². The number of hydrogen-bond acceptors (Lipinski definition) is 4. The van der Waals surface area contributed by atoms with Crippen LogP contribution in [-0.2, 0) is 9.63 Å². The Bertz CT molecular complexity index is 498. The number of amides is 1. The second-order valence-corrected chi connectivity index (χ2v) is 5.46. The molecule has 1 aliphatic carbocycles. The first kappa shape index (κ1) is 13.4. The average Bonchev–Trinajstić information content (AvgIpc) is 2.97. The molecular weight excluding hydrogens is 256 g/mol. The number of rotatable bonds is 4. The maximum atomic E-state index is 11.3. The number of hydrogen-bond donors (Lipinski definition) is 2. The molecule has 0 spiro atoms. The summed E-state index contributed by atoms with van der Waals surface area (Å²) in [6.45, 7) is 2.13. The Morgan fingerprint density at radius 1 is 1.40 bits per heavy atom. The molecule has 5 heteroatoms. The van der Waals surface area contributed by atoms with Gasteiger partial charge in [0.2, 0.25) is 0 Å². The maximum Gasteiger partial charge on any atom is 0.262 e. The van der Waals surface area contributed by atoms with Crippen molar-refractivity contribution in [2.24, 2.45) is 0 Å². The standard InChI is InChI=1S/C15H20N2O3/c1-10(17-20-12-4-2-3-5-12)11-6-7-14-13(8-11)16-15(18)9-19-14/h6-8,10,12,17H,2-5,9H2,1H3,(H,16,18). The van der Waals surface area contributed by atoms with Crippen molar-refractivity contribution >= 4 is 11.6 Å². The third kappa shape index (κ3) is 2.94. The minimum absolute atomic E-state index is 0.0692. The van der Waals surface area contributed by atoms with Gasteiger partial charge in [-0.15, -0.1) is 0 Å². The quantitative estimate of drug-likeness (QED) is 0.830. The summed E-state index contributed by atoms with van der Waals surface area (Å²) in [5.74, 6) is 0.606. The van der Waals surface area contributed by atoms with Crippen molar-refractivity contribution in [2.45, 2.75) is 44.8 Å². The van der Waals surface area contributed by atoms with Gasteiger partial charge in [-0.3, -0.25) is 9.63 Å². The summed E-state index contributed by atoms with van der Waals surface area (Å²) >= 11 is 0. The highest BCUT2D eigenvalue weighted by molar-refractivity contribution is 5.95. The highest BCUT2D eigenvalue weighted by Crippen LogP contribution is 2.30. The van der Waals surface area contributed by atoms with E-state index in [0.29, 0.717) is 6.10 Å². The molecule has 2 N–H and O–H groups in total. The highest BCUT2D eigenvalue weighted by Gasteiger charge is 2.19. The zero-order chi connectivity index (χ0) is 13.9. The number of carbonyl (C=O) groups excluding carboxylic acids is 1. The Morgan fingerprint density at radius 2 is 2.20 bits per heavy atom. The van der Waals surface area contributed by atoms with Crippen molar-refractivity contribution in [3.8, 4) is 5.75 Å². The Labute approximate surface area is 118 Å². The van der Waals surface area contributed by atoms with Gasteiger partial charge in [-0.05, 0) is 37.5 Å². The topological polar surface area (TPSA) is 59.6 Å². The van der Waals surface area contributed by atoms with Crippen LogP contribution in [0, 0.1) is 0 Å². The van der Waals surface area contributed by atoms with Crippen LogP contribution in [0.1, 0.15) is 44.2 Å². The Morgan fingerprint density at radius 3 is 3.00 bits per heavy atom. The Kier molecular flexibility index (Phi) is 3.89. The van der Waals surface area contributed by atoms with Crippen molar-refractivity contribution in [2.75, 3.05) is 11.9 Å². The summed E-state index contributed by atoms with van der Waals surface area (Å²) in [5, 5.41) is 2.82. The molecule has 1 fully saturated rings. The fourth-order valence-corrected chi connectivity index (χ4v) is 2.64. The largest absolute Gasteiger partial charge is 0.482 e. The number of anilines is 1. The third-order valence-corrected chi connectivity index (χ3v) is 3.85. The number of hydroxylamine groups is 1. The van der Waals surface area contributed by atoms with Crippen LogP contribution < -0.4 is 15.5 Å². The molecular formula is C15H20N2O3. The third-order valence-electron chi connectivity index (χ3n) is 3.85. The van der Waals surface area contributed by atoms with E-state index in [1.807, 2.05) is 25.1 Å². The number of ether oxygens (including phenoxy) is 1. The van der Waals surface area contributed by atoms with E-state index < -0.39 is 0 Å². The molecule has 20 heavy (non-hydrogen) atoms. The van der Waals surface area contributed by atoms with Crippen LogP contribution in [0.2, 0.25) is 0 Å². The van der Waals surface area contributed by atoms with Gasteiger partial charge in [0.15, 0.2) is 6.61 Å². The lowest BCUT2D eigenvalue weighted by atomic mass is 10.1. The molecule has 108 valence electrons. The molecule has 3 rings (SSSR count). The summed E-state index contributed by atoms with van der Waals surface area (Å²) in [7, 11) is 0. The van der Waals surface area contributed by atoms with E-state index in [2.05, 4.69) is 10.8 Å². The van der Waals surface area contributed by atoms with Crippen molar-refractivity contribution in [3.05, 3.63) is 23.8 Å². The Hall–Kier alpha value is -1.59. The van der Waals surface area contributed by atoms with E-state index >= 15 is 0 Å². The fourth-order valence-electron chi connectivity index (χ4n) is 2.64. The first-order chi connectivity index (χ1) is 9.72. The summed E-state index contributed by atoms with van der Waals surface area (Å²) in [4.78, 5) is 17.0. The number of carbonyl (C=O) groups is 1. The molecule has 0 saturated heterocycles. The Balaban J connectivity index is 1.63. The van der Waals surface area contributed by atoms with Gasteiger partial charge in [-0.1, -0.05) is 18.9 Å². The van der Waals surface area contributed by atoms with Gasteiger partial charge < -0.3 is 10.1 Å². The monoisotopic (exact) mass is 276 g/mol. The van der Waals surface area contributed by atoms with Crippen LogP contribution in [0.3, 0.4) is 0 Å². The van der Waals surface area contributed by atoms with Gasteiger partial charge in [0.05, 0.1) is 17.8 Å². The molecule has 1 aliphatic heterocycles. The zero-order valence-electron chi connectivity index (χ0n) is 11.6. The fraction of sp³-hybridized carbons (Fsp3) is 0.533. The van der Waals surface area contributed by atoms with Crippen LogP contribution in [0.5, 0.6) is 5.75 Å². The molecule has 0 bridgehead atoms. The van der Waals surface area contributed by atoms with Gasteiger partial charge in [-0.25, -0.2) is 0 Å². The van der Waals surface area contributed by atoms with E-state index in [1.165, 1.54) is 12.8 Å². The lowest BCUT2D eigenvalue weighted by Gasteiger charge is -2.21. The molecule has 5 nitrogen and oxygen atoms in total. The smallest absolute Gasteiger partial charge is 0.262 e. The summed E-state index contributed by atoms with van der Waals surface area (Å²) < 4.78 is 5.35. The first-order valence-electron chi connectivity index (χ1n) is 7.20. The van der Waals surface area contributed by atoms with Crippen molar-refractivity contribution in [1.82, 2.24) is 5.48 Å². The molecule has 1 aromatic carbocycles. The van der Waals surface area contributed by atoms with Crippen LogP contribution in [0.15, 0.2) is 18.2 Å². The van der Waals surface area contributed by atoms with E-state index in [-0.39, 0.29) is 18.6 Å². The highest BCUT2D eigenvalue weighted by atomic mass is 16.7. The second-order valence-electron chi connectivity index (χ2n) is 5.46. The minimum atomic E-state index is -0.113. The molecule has 1 aromatic rings. The summed E-state index contributed by atoms with van der Waals surface area (Å²) in [6, 6.07) is 5.88. The number of fused-ring (bicyclic) bond motifs is 1.